The number of carbonyl (C=O) groups excluding carboxylic acids is 1. The molecule has 220 valence electrons. The number of aromatic amines is 1. The van der Waals surface area contributed by atoms with Crippen molar-refractivity contribution in [1.82, 2.24) is 24.5 Å². The molecule has 44 heavy (non-hydrogen) atoms. The number of carbonyl (C=O) groups is 1. The number of H-pyrrole nitrogens is 1. The molecule has 1 aliphatic rings. The van der Waals surface area contributed by atoms with E-state index in [0.717, 1.165) is 35.4 Å². The topological polar surface area (TPSA) is 116 Å². The van der Waals surface area contributed by atoms with Gasteiger partial charge in [-0.05, 0) is 73.5 Å². The molecule has 1 amide bonds. The van der Waals surface area contributed by atoms with E-state index in [1.807, 2.05) is 13.1 Å². The van der Waals surface area contributed by atoms with Crippen LogP contribution in [-0.2, 0) is 7.05 Å². The Morgan fingerprint density at radius 1 is 1.00 bits per heavy atom. The highest BCUT2D eigenvalue weighted by Crippen LogP contribution is 2.38. The summed E-state index contributed by atoms with van der Waals surface area (Å²) in [5.74, 6) is -1.39. The zero-order chi connectivity index (χ0) is 30.4. The molecular formula is C32H24F2N6O4. The van der Waals surface area contributed by atoms with Crippen molar-refractivity contribution in [2.45, 2.75) is 18.9 Å². The fraction of sp³-hybridized carbons (Fsp3) is 0.125. The Bertz CT molecular complexity index is 2080. The van der Waals surface area contributed by atoms with E-state index in [-0.39, 0.29) is 29.0 Å². The van der Waals surface area contributed by atoms with Gasteiger partial charge in [-0.1, -0.05) is 0 Å². The zero-order valence-electron chi connectivity index (χ0n) is 23.3. The largest absolute Gasteiger partial charge is 0.475 e. The molecule has 0 unspecified atom stereocenters. The molecule has 0 bridgehead atoms. The molecule has 0 saturated heterocycles. The first-order chi connectivity index (χ1) is 21.3. The average molecular weight is 595 g/mol. The van der Waals surface area contributed by atoms with Crippen LogP contribution in [-0.4, -0.2) is 36.6 Å². The molecule has 0 aliphatic heterocycles. The molecule has 0 atom stereocenters. The van der Waals surface area contributed by atoms with Gasteiger partial charge in [0.15, 0.2) is 11.6 Å². The maximum Gasteiger partial charge on any atom is 0.270 e. The number of ether oxygens (including phenoxy) is 2. The van der Waals surface area contributed by atoms with Crippen molar-refractivity contribution in [3.8, 4) is 34.2 Å². The van der Waals surface area contributed by atoms with E-state index >= 15 is 4.39 Å². The Morgan fingerprint density at radius 3 is 2.55 bits per heavy atom. The lowest BCUT2D eigenvalue weighted by molar-refractivity contribution is 0.102. The van der Waals surface area contributed by atoms with E-state index in [1.165, 1.54) is 53.1 Å². The summed E-state index contributed by atoms with van der Waals surface area (Å²) >= 11 is 0. The van der Waals surface area contributed by atoms with Crippen molar-refractivity contribution >= 4 is 22.5 Å². The minimum atomic E-state index is -0.749. The van der Waals surface area contributed by atoms with Crippen molar-refractivity contribution < 1.29 is 23.0 Å². The van der Waals surface area contributed by atoms with Gasteiger partial charge in [-0.25, -0.2) is 13.3 Å². The van der Waals surface area contributed by atoms with E-state index in [4.69, 9.17) is 9.47 Å². The van der Waals surface area contributed by atoms with Crippen LogP contribution in [0, 0.1) is 11.6 Å². The van der Waals surface area contributed by atoms with Gasteiger partial charge in [-0.15, -0.1) is 0 Å². The molecule has 0 spiro atoms. The molecule has 3 heterocycles. The number of rotatable bonds is 8. The van der Waals surface area contributed by atoms with Gasteiger partial charge in [-0.2, -0.15) is 10.2 Å². The molecule has 7 rings (SSSR count). The number of halogens is 2. The summed E-state index contributed by atoms with van der Waals surface area (Å²) in [7, 11) is 1.82. The molecular weight excluding hydrogens is 570 g/mol. The number of fused-ring (bicyclic) bond motifs is 1. The second kappa shape index (κ2) is 10.8. The summed E-state index contributed by atoms with van der Waals surface area (Å²) in [4.78, 5) is 26.7. The molecule has 12 heteroatoms. The predicted octanol–water partition coefficient (Wildman–Crippen LogP) is 5.98. The first-order valence-electron chi connectivity index (χ1n) is 13.8. The van der Waals surface area contributed by atoms with Crippen LogP contribution in [0.5, 0.6) is 17.4 Å². The Morgan fingerprint density at radius 2 is 1.82 bits per heavy atom. The van der Waals surface area contributed by atoms with Gasteiger partial charge in [0, 0.05) is 41.5 Å². The monoisotopic (exact) mass is 594 g/mol. The van der Waals surface area contributed by atoms with Gasteiger partial charge >= 0.3 is 0 Å². The zero-order valence-corrected chi connectivity index (χ0v) is 23.3. The van der Waals surface area contributed by atoms with Crippen molar-refractivity contribution in [2.24, 2.45) is 7.05 Å². The Hall–Kier alpha value is -5.78. The summed E-state index contributed by atoms with van der Waals surface area (Å²) < 4.78 is 43.7. The highest BCUT2D eigenvalue weighted by molar-refractivity contribution is 6.04. The summed E-state index contributed by atoms with van der Waals surface area (Å²) in [6.45, 7) is 0. The van der Waals surface area contributed by atoms with Crippen LogP contribution in [0.2, 0.25) is 0 Å². The number of nitrogens with zero attached hydrogens (tertiary/aromatic N) is 4. The van der Waals surface area contributed by atoms with E-state index in [0.29, 0.717) is 17.0 Å². The number of amides is 1. The van der Waals surface area contributed by atoms with Crippen molar-refractivity contribution in [3.05, 3.63) is 113 Å². The van der Waals surface area contributed by atoms with Gasteiger partial charge in [-0.3, -0.25) is 19.4 Å². The minimum absolute atomic E-state index is 0.0217. The van der Waals surface area contributed by atoms with Gasteiger partial charge in [0.1, 0.15) is 23.2 Å². The second-order valence-electron chi connectivity index (χ2n) is 10.4. The number of nitrogens with one attached hydrogen (secondary N) is 2. The maximum absolute atomic E-state index is 15.3. The third-order valence-electron chi connectivity index (χ3n) is 7.25. The first-order valence-corrected chi connectivity index (χ1v) is 13.8. The molecule has 3 aromatic heterocycles. The summed E-state index contributed by atoms with van der Waals surface area (Å²) in [5.41, 5.74) is 1.87. The lowest BCUT2D eigenvalue weighted by Gasteiger charge is -2.15. The number of anilines is 1. The molecule has 6 aromatic rings. The van der Waals surface area contributed by atoms with E-state index < -0.39 is 23.1 Å². The van der Waals surface area contributed by atoms with E-state index in [9.17, 15) is 14.0 Å². The first kappa shape index (κ1) is 27.1. The summed E-state index contributed by atoms with van der Waals surface area (Å²) in [6.07, 6.45) is 6.71. The number of aryl methyl sites for hydroxylation is 1. The summed E-state index contributed by atoms with van der Waals surface area (Å²) in [5, 5.41) is 14.4. The Balaban J connectivity index is 1.16. The highest BCUT2D eigenvalue weighted by atomic mass is 19.1. The molecule has 2 N–H and O–H groups in total. The number of aromatic nitrogens is 5. The van der Waals surface area contributed by atoms with Crippen LogP contribution >= 0.6 is 0 Å². The smallest absolute Gasteiger partial charge is 0.270 e. The number of hydrogen-bond donors (Lipinski definition) is 2. The Kier molecular flexibility index (Phi) is 6.65. The minimum Gasteiger partial charge on any atom is -0.475 e. The lowest BCUT2D eigenvalue weighted by Crippen LogP contribution is -2.29. The van der Waals surface area contributed by atoms with Gasteiger partial charge in [0.2, 0.25) is 5.88 Å². The van der Waals surface area contributed by atoms with E-state index in [2.05, 4.69) is 20.6 Å². The van der Waals surface area contributed by atoms with E-state index in [1.54, 1.807) is 29.3 Å². The van der Waals surface area contributed by atoms with Crippen molar-refractivity contribution in [1.29, 1.82) is 0 Å². The fourth-order valence-electron chi connectivity index (χ4n) is 4.84. The fourth-order valence-corrected chi connectivity index (χ4v) is 4.84. The molecule has 0 radical (unpaired) electrons. The standard InChI is InChI=1S/C32H24F2N6O4/c1-39-27-14-25(19-15-35-36-16-19)29(12-18(27)17-37-39)44-28-10-4-21(13-26(28)34)38-31(41)24-9-11-30(43-23-7-8-23)40(32(24)42)22-5-2-20(33)3-6-22/h2-6,9-17,23H,7-8H2,1H3,(H,35,36)(H,38,41). The summed E-state index contributed by atoms with van der Waals surface area (Å²) in [6, 6.07) is 15.8. The van der Waals surface area contributed by atoms with Crippen LogP contribution < -0.4 is 20.3 Å². The van der Waals surface area contributed by atoms with Gasteiger partial charge < -0.3 is 14.8 Å². The number of benzene rings is 3. The van der Waals surface area contributed by atoms with Gasteiger partial charge in [0.05, 0.1) is 23.6 Å². The SMILES string of the molecule is Cn1ncc2cc(Oc3ccc(NC(=O)c4ccc(OC5CC5)n(-c5ccc(F)cc5)c4=O)cc3F)c(-c3cn[nH]c3)cc21. The molecule has 1 saturated carbocycles. The normalized spacial score (nSPS) is 12.8. The van der Waals surface area contributed by atoms with Crippen LogP contribution in [0.1, 0.15) is 23.2 Å². The van der Waals surface area contributed by atoms with Gasteiger partial charge in [0.25, 0.3) is 11.5 Å². The number of pyridine rings is 1. The van der Waals surface area contributed by atoms with Crippen LogP contribution in [0.3, 0.4) is 0 Å². The quantitative estimate of drug-likeness (QED) is 0.224. The van der Waals surface area contributed by atoms with Crippen LogP contribution in [0.4, 0.5) is 14.5 Å². The lowest BCUT2D eigenvalue weighted by atomic mass is 10.1. The molecule has 1 fully saturated rings. The predicted molar refractivity (Wildman–Crippen MR) is 158 cm³/mol. The third-order valence-corrected chi connectivity index (χ3v) is 7.25. The Labute approximate surface area is 248 Å². The second-order valence-corrected chi connectivity index (χ2v) is 10.4. The maximum atomic E-state index is 15.3. The third kappa shape index (κ3) is 5.17. The number of hydrogen-bond acceptors (Lipinski definition) is 6. The van der Waals surface area contributed by atoms with Crippen molar-refractivity contribution in [2.75, 3.05) is 5.32 Å². The van der Waals surface area contributed by atoms with Crippen molar-refractivity contribution in [3.63, 3.8) is 0 Å². The average Bonchev–Trinajstić information content (AvgIpc) is 3.51. The molecule has 1 aliphatic carbocycles. The molecule has 10 nitrogen and oxygen atoms in total. The van der Waals surface area contributed by atoms with Crippen LogP contribution in [0.25, 0.3) is 27.7 Å². The molecule has 3 aromatic carbocycles. The highest BCUT2D eigenvalue weighted by Gasteiger charge is 2.26. The van der Waals surface area contributed by atoms with Crippen LogP contribution in [0.15, 0.2) is 90.1 Å².